The van der Waals surface area contributed by atoms with Crippen LogP contribution >= 0.6 is 0 Å². The maximum atomic E-state index is 6.30. The van der Waals surface area contributed by atoms with Crippen molar-refractivity contribution < 1.29 is 24.5 Å². The number of aromatic nitrogens is 4. The van der Waals surface area contributed by atoms with E-state index >= 15 is 0 Å². The van der Waals surface area contributed by atoms with Gasteiger partial charge in [0.1, 0.15) is 0 Å². The molecule has 4 aromatic heterocycles. The molecule has 4 heterocycles. The van der Waals surface area contributed by atoms with Crippen LogP contribution in [0, 0.1) is 12.1 Å². The topological polar surface area (TPSA) is 56.7 Å². The molecule has 0 N–H and O–H groups in total. The van der Waals surface area contributed by atoms with Crippen molar-refractivity contribution in [2.24, 2.45) is 0 Å². The molecule has 7 heteroatoms. The van der Waals surface area contributed by atoms with E-state index < -0.39 is 13.3 Å². The van der Waals surface area contributed by atoms with Crippen LogP contribution in [0.2, 0.25) is 17.3 Å². The zero-order chi connectivity index (χ0) is 31.7. The molecule has 235 valence electrons. The molecule has 0 aliphatic carbocycles. The van der Waals surface area contributed by atoms with E-state index in [4.69, 9.17) is 14.4 Å². The standard InChI is InChI=1S/C26H18N3O.C14H16GeN.Ir/c1-2-29-23-14-7-6-13-22(23)27-25(29)20-12-8-11-18-19-15-16-21(17-9-4-3-5-10-17)28-26(19)30-24(18)20;1-15(2,3)13-9-10-14(16-11-13)12-7-5-4-6-8-12;/h3-11,13-16H,2H2,1H3;4-7,9-11H,1-3H3;/q2*-1;. The average Bonchev–Trinajstić information content (AvgIpc) is 3.67. The number of para-hydroxylation sites is 2. The van der Waals surface area contributed by atoms with E-state index in [1.807, 2.05) is 85.1 Å². The average molecular weight is 852 g/mol. The molecule has 1 radical (unpaired) electrons. The van der Waals surface area contributed by atoms with Crippen LogP contribution in [0.15, 0.2) is 126 Å². The van der Waals surface area contributed by atoms with Crippen LogP contribution in [0.25, 0.3) is 67.0 Å². The first-order valence-electron chi connectivity index (χ1n) is 15.6. The predicted molar refractivity (Wildman–Crippen MR) is 192 cm³/mol. The molecule has 47 heavy (non-hydrogen) atoms. The second kappa shape index (κ2) is 13.8. The van der Waals surface area contributed by atoms with Crippen molar-refractivity contribution in [1.29, 1.82) is 0 Å². The van der Waals surface area contributed by atoms with Gasteiger partial charge in [-0.2, -0.15) is 0 Å². The number of aryl methyl sites for hydroxylation is 1. The van der Waals surface area contributed by atoms with Crippen molar-refractivity contribution in [3.8, 4) is 33.9 Å². The number of rotatable bonds is 5. The summed E-state index contributed by atoms with van der Waals surface area (Å²) < 4.78 is 9.95. The molecule has 0 aliphatic heterocycles. The second-order valence-corrected chi connectivity index (χ2v) is 22.9. The van der Waals surface area contributed by atoms with Crippen LogP contribution in [-0.4, -0.2) is 32.8 Å². The molecule has 8 aromatic rings. The van der Waals surface area contributed by atoms with Gasteiger partial charge in [-0.3, -0.25) is 4.98 Å². The Kier molecular flexibility index (Phi) is 9.55. The molecule has 0 unspecified atom stereocenters. The van der Waals surface area contributed by atoms with E-state index in [-0.39, 0.29) is 20.1 Å². The van der Waals surface area contributed by atoms with Gasteiger partial charge in [0.25, 0.3) is 0 Å². The second-order valence-electron chi connectivity index (χ2n) is 12.2. The Morgan fingerprint density at radius 1 is 0.723 bits per heavy atom. The molecule has 8 rings (SSSR count). The number of nitrogens with zero attached hydrogens (tertiary/aromatic N) is 4. The molecule has 0 saturated carbocycles. The minimum atomic E-state index is -1.72. The molecule has 0 saturated heterocycles. The molecule has 0 aliphatic rings. The number of hydrogen-bond acceptors (Lipinski definition) is 4. The van der Waals surface area contributed by atoms with Crippen LogP contribution in [-0.2, 0) is 26.7 Å². The zero-order valence-electron chi connectivity index (χ0n) is 26.8. The number of fused-ring (bicyclic) bond motifs is 4. The van der Waals surface area contributed by atoms with Gasteiger partial charge < -0.3 is 8.98 Å². The van der Waals surface area contributed by atoms with Gasteiger partial charge in [0, 0.05) is 37.6 Å². The summed E-state index contributed by atoms with van der Waals surface area (Å²) in [4.78, 5) is 14.2. The van der Waals surface area contributed by atoms with E-state index in [0.717, 1.165) is 67.8 Å². The summed E-state index contributed by atoms with van der Waals surface area (Å²) >= 11 is -1.72. The SMILES string of the molecule is CCn1c(-c2[c-]ccc3c2oc2nc(-c4ccccc4)ccc23)nc2ccccc21.[CH3][Ge]([CH3])([CH3])[c]1ccc(-c2[c-]cccc2)nc1.[Ir]. The molecule has 5 nitrogen and oxygen atoms in total. The molecule has 0 spiro atoms. The Balaban J connectivity index is 0.000000194. The fraction of sp³-hybridized carbons (Fsp3) is 0.125. The van der Waals surface area contributed by atoms with Gasteiger partial charge in [-0.15, -0.1) is 18.2 Å². The fourth-order valence-corrected chi connectivity index (χ4v) is 7.87. The molecule has 0 fully saturated rings. The summed E-state index contributed by atoms with van der Waals surface area (Å²) in [7, 11) is 0. The van der Waals surface area contributed by atoms with Crippen molar-refractivity contribution >= 4 is 50.8 Å². The Bertz CT molecular complexity index is 2270. The van der Waals surface area contributed by atoms with Crippen LogP contribution < -0.4 is 4.40 Å². The Morgan fingerprint density at radius 2 is 1.49 bits per heavy atom. The van der Waals surface area contributed by atoms with Gasteiger partial charge in [0.2, 0.25) is 5.71 Å². The Labute approximate surface area is 291 Å². The summed E-state index contributed by atoms with van der Waals surface area (Å²) in [5.74, 6) is 8.01. The van der Waals surface area contributed by atoms with Crippen LogP contribution in [0.4, 0.5) is 0 Å². The Morgan fingerprint density at radius 3 is 2.21 bits per heavy atom. The minimum Gasteiger partial charge on any atom is 0 e. The third kappa shape index (κ3) is 6.59. The maximum Gasteiger partial charge on any atom is 0 e. The molecule has 0 bridgehead atoms. The van der Waals surface area contributed by atoms with Crippen molar-refractivity contribution in [2.75, 3.05) is 0 Å². The molecule has 0 amide bonds. The molecule has 4 aromatic carbocycles. The van der Waals surface area contributed by atoms with Crippen LogP contribution in [0.5, 0.6) is 0 Å². The van der Waals surface area contributed by atoms with E-state index in [1.165, 1.54) is 4.40 Å². The van der Waals surface area contributed by atoms with Gasteiger partial charge in [-0.1, -0.05) is 53.4 Å². The first kappa shape index (κ1) is 32.6. The predicted octanol–water partition coefficient (Wildman–Crippen LogP) is 9.58. The van der Waals surface area contributed by atoms with Gasteiger partial charge >= 0.3 is 99.8 Å². The first-order chi connectivity index (χ1) is 22.4. The van der Waals surface area contributed by atoms with Crippen molar-refractivity contribution in [1.82, 2.24) is 19.5 Å². The summed E-state index contributed by atoms with van der Waals surface area (Å²) in [5.41, 5.74) is 8.40. The molecule has 0 atom stereocenters. The number of benzene rings is 4. The van der Waals surface area contributed by atoms with E-state index in [0.29, 0.717) is 5.71 Å². The zero-order valence-corrected chi connectivity index (χ0v) is 31.3. The number of imidazole rings is 1. The minimum absolute atomic E-state index is 0. The van der Waals surface area contributed by atoms with Crippen molar-refractivity contribution in [3.63, 3.8) is 0 Å². The van der Waals surface area contributed by atoms with Crippen molar-refractivity contribution in [3.05, 3.63) is 134 Å². The van der Waals surface area contributed by atoms with E-state index in [2.05, 4.69) is 82.3 Å². The summed E-state index contributed by atoms with van der Waals surface area (Å²) in [6, 6.07) is 45.3. The van der Waals surface area contributed by atoms with Gasteiger partial charge in [0.15, 0.2) is 0 Å². The monoisotopic (exact) mass is 853 g/mol. The number of furan rings is 1. The first-order valence-corrected chi connectivity index (χ1v) is 22.9. The molecular formula is C40H34GeIrN4O-2. The van der Waals surface area contributed by atoms with Gasteiger partial charge in [-0.25, -0.2) is 4.98 Å². The van der Waals surface area contributed by atoms with Gasteiger partial charge in [0.05, 0.1) is 28.1 Å². The maximum absolute atomic E-state index is 6.30. The van der Waals surface area contributed by atoms with E-state index in [1.54, 1.807) is 0 Å². The van der Waals surface area contributed by atoms with Gasteiger partial charge in [-0.05, 0) is 31.2 Å². The third-order valence-electron chi connectivity index (χ3n) is 8.18. The smallest absolute Gasteiger partial charge is 0 e. The number of pyridine rings is 2. The van der Waals surface area contributed by atoms with E-state index in [9.17, 15) is 0 Å². The normalized spacial score (nSPS) is 11.3. The Hall–Kier alpha value is -4.36. The third-order valence-corrected chi connectivity index (χ3v) is 12.4. The fourth-order valence-electron chi connectivity index (χ4n) is 5.69. The van der Waals surface area contributed by atoms with Crippen LogP contribution in [0.1, 0.15) is 6.92 Å². The largest absolute Gasteiger partial charge is 0 e. The summed E-state index contributed by atoms with van der Waals surface area (Å²) in [5, 5.41) is 2.03. The van der Waals surface area contributed by atoms with Crippen LogP contribution in [0.3, 0.4) is 0 Å². The summed E-state index contributed by atoms with van der Waals surface area (Å²) in [6.07, 6.45) is 2.04. The summed E-state index contributed by atoms with van der Waals surface area (Å²) in [6.45, 7) is 2.95. The molecular weight excluding hydrogens is 817 g/mol. The quantitative estimate of drug-likeness (QED) is 0.128. The van der Waals surface area contributed by atoms with Crippen molar-refractivity contribution in [2.45, 2.75) is 30.7 Å². The number of hydrogen-bond donors (Lipinski definition) is 0.